The van der Waals surface area contributed by atoms with Gasteiger partial charge in [-0.3, -0.25) is 0 Å². The zero-order valence-electron chi connectivity index (χ0n) is 10.1. The molecule has 0 bridgehead atoms. The fourth-order valence-electron chi connectivity index (χ4n) is 1.70. The highest BCUT2D eigenvalue weighted by molar-refractivity contribution is 5.48. The molecule has 0 fully saturated rings. The molecule has 0 aliphatic heterocycles. The SMILES string of the molecule is CC(C)c1cccc(Oc2ccccc2)c1O. The van der Waals surface area contributed by atoms with Gasteiger partial charge in [0, 0.05) is 5.56 Å². The summed E-state index contributed by atoms with van der Waals surface area (Å²) in [5, 5.41) is 10.1. The molecule has 0 atom stereocenters. The maximum Gasteiger partial charge on any atom is 0.169 e. The number of rotatable bonds is 3. The normalized spacial score (nSPS) is 10.5. The minimum atomic E-state index is 0.228. The van der Waals surface area contributed by atoms with Gasteiger partial charge in [-0.15, -0.1) is 0 Å². The van der Waals surface area contributed by atoms with E-state index in [9.17, 15) is 5.11 Å². The first-order valence-corrected chi connectivity index (χ1v) is 5.73. The van der Waals surface area contributed by atoms with Gasteiger partial charge in [0.2, 0.25) is 0 Å². The monoisotopic (exact) mass is 228 g/mol. The van der Waals surface area contributed by atoms with Crippen LogP contribution in [0.15, 0.2) is 48.5 Å². The van der Waals surface area contributed by atoms with Gasteiger partial charge in [-0.25, -0.2) is 0 Å². The molecule has 2 aromatic rings. The second-order valence-electron chi connectivity index (χ2n) is 4.26. The van der Waals surface area contributed by atoms with Crippen LogP contribution in [0.1, 0.15) is 25.3 Å². The molecule has 0 amide bonds. The van der Waals surface area contributed by atoms with E-state index in [-0.39, 0.29) is 11.7 Å². The summed E-state index contributed by atoms with van der Waals surface area (Å²) in [7, 11) is 0. The predicted molar refractivity (Wildman–Crippen MR) is 68.7 cm³/mol. The highest BCUT2D eigenvalue weighted by Crippen LogP contribution is 2.36. The van der Waals surface area contributed by atoms with Crippen LogP contribution in [0.5, 0.6) is 17.2 Å². The first-order valence-electron chi connectivity index (χ1n) is 5.73. The summed E-state index contributed by atoms with van der Waals surface area (Å²) < 4.78 is 5.65. The lowest BCUT2D eigenvalue weighted by atomic mass is 10.0. The van der Waals surface area contributed by atoms with Crippen molar-refractivity contribution in [3.63, 3.8) is 0 Å². The maximum atomic E-state index is 10.1. The largest absolute Gasteiger partial charge is 0.504 e. The minimum absolute atomic E-state index is 0.228. The number of benzene rings is 2. The van der Waals surface area contributed by atoms with E-state index in [1.54, 1.807) is 6.07 Å². The molecule has 0 aliphatic carbocycles. The fraction of sp³-hybridized carbons (Fsp3) is 0.200. The lowest BCUT2D eigenvalue weighted by Gasteiger charge is -2.12. The highest BCUT2D eigenvalue weighted by atomic mass is 16.5. The molecule has 0 unspecified atom stereocenters. The summed E-state index contributed by atoms with van der Waals surface area (Å²) in [6.07, 6.45) is 0. The van der Waals surface area contributed by atoms with Gasteiger partial charge in [0.25, 0.3) is 0 Å². The number of hydrogen-bond acceptors (Lipinski definition) is 2. The Labute approximate surface area is 101 Å². The summed E-state index contributed by atoms with van der Waals surface area (Å²) in [6, 6.07) is 15.0. The molecule has 0 heterocycles. The molecule has 0 saturated carbocycles. The maximum absolute atomic E-state index is 10.1. The number of phenols is 1. The van der Waals surface area contributed by atoms with Crippen molar-refractivity contribution in [2.24, 2.45) is 0 Å². The molecule has 0 aliphatic rings. The van der Waals surface area contributed by atoms with Crippen molar-refractivity contribution in [1.82, 2.24) is 0 Å². The van der Waals surface area contributed by atoms with E-state index in [2.05, 4.69) is 0 Å². The first kappa shape index (κ1) is 11.5. The fourth-order valence-corrected chi connectivity index (χ4v) is 1.70. The number of ether oxygens (including phenoxy) is 1. The molecular weight excluding hydrogens is 212 g/mol. The number of para-hydroxylation sites is 2. The van der Waals surface area contributed by atoms with E-state index < -0.39 is 0 Å². The van der Waals surface area contributed by atoms with Gasteiger partial charge in [0.1, 0.15) is 5.75 Å². The Morgan fingerprint density at radius 2 is 1.65 bits per heavy atom. The molecular formula is C15H16O2. The van der Waals surface area contributed by atoms with Crippen LogP contribution in [0.3, 0.4) is 0 Å². The summed E-state index contributed by atoms with van der Waals surface area (Å²) in [6.45, 7) is 4.09. The Bertz CT molecular complexity index is 490. The average molecular weight is 228 g/mol. The van der Waals surface area contributed by atoms with Gasteiger partial charge >= 0.3 is 0 Å². The molecule has 2 heteroatoms. The van der Waals surface area contributed by atoms with Crippen molar-refractivity contribution in [3.05, 3.63) is 54.1 Å². The van der Waals surface area contributed by atoms with Crippen molar-refractivity contribution < 1.29 is 9.84 Å². The van der Waals surface area contributed by atoms with Crippen LogP contribution in [0.25, 0.3) is 0 Å². The van der Waals surface area contributed by atoms with E-state index in [0.717, 1.165) is 11.3 Å². The second-order valence-corrected chi connectivity index (χ2v) is 4.26. The van der Waals surface area contributed by atoms with Gasteiger partial charge in [0.05, 0.1) is 0 Å². The summed E-state index contributed by atoms with van der Waals surface area (Å²) in [5.41, 5.74) is 0.901. The van der Waals surface area contributed by atoms with Crippen molar-refractivity contribution in [1.29, 1.82) is 0 Å². The Balaban J connectivity index is 2.31. The molecule has 88 valence electrons. The van der Waals surface area contributed by atoms with Crippen LogP contribution in [-0.4, -0.2) is 5.11 Å². The average Bonchev–Trinajstić information content (AvgIpc) is 2.33. The first-order chi connectivity index (χ1) is 8.18. The van der Waals surface area contributed by atoms with Crippen LogP contribution in [0.2, 0.25) is 0 Å². The third-order valence-corrected chi connectivity index (χ3v) is 2.62. The van der Waals surface area contributed by atoms with Gasteiger partial charge in [-0.1, -0.05) is 44.2 Å². The van der Waals surface area contributed by atoms with Crippen molar-refractivity contribution in [3.8, 4) is 17.2 Å². The van der Waals surface area contributed by atoms with Gasteiger partial charge in [-0.05, 0) is 24.1 Å². The van der Waals surface area contributed by atoms with Crippen molar-refractivity contribution in [2.75, 3.05) is 0 Å². The third kappa shape index (κ3) is 2.59. The lowest BCUT2D eigenvalue weighted by Crippen LogP contribution is -1.91. The molecule has 0 spiro atoms. The van der Waals surface area contributed by atoms with E-state index in [1.807, 2.05) is 56.3 Å². The molecule has 1 N–H and O–H groups in total. The zero-order chi connectivity index (χ0) is 12.3. The Morgan fingerprint density at radius 3 is 2.29 bits per heavy atom. The van der Waals surface area contributed by atoms with E-state index in [0.29, 0.717) is 5.75 Å². The zero-order valence-corrected chi connectivity index (χ0v) is 10.1. The van der Waals surface area contributed by atoms with Gasteiger partial charge < -0.3 is 9.84 Å². The van der Waals surface area contributed by atoms with E-state index in [1.165, 1.54) is 0 Å². The summed E-state index contributed by atoms with van der Waals surface area (Å²) >= 11 is 0. The number of aromatic hydroxyl groups is 1. The molecule has 0 radical (unpaired) electrons. The van der Waals surface area contributed by atoms with Crippen LogP contribution in [0.4, 0.5) is 0 Å². The van der Waals surface area contributed by atoms with Crippen LogP contribution in [0, 0.1) is 0 Å². The quantitative estimate of drug-likeness (QED) is 0.848. The third-order valence-electron chi connectivity index (χ3n) is 2.62. The number of phenolic OH excluding ortho intramolecular Hbond substituents is 1. The molecule has 17 heavy (non-hydrogen) atoms. The molecule has 2 nitrogen and oxygen atoms in total. The Morgan fingerprint density at radius 1 is 0.941 bits per heavy atom. The lowest BCUT2D eigenvalue weighted by molar-refractivity contribution is 0.405. The highest BCUT2D eigenvalue weighted by Gasteiger charge is 2.11. The smallest absolute Gasteiger partial charge is 0.169 e. The minimum Gasteiger partial charge on any atom is -0.504 e. The van der Waals surface area contributed by atoms with Crippen LogP contribution >= 0.6 is 0 Å². The molecule has 2 aromatic carbocycles. The van der Waals surface area contributed by atoms with Crippen molar-refractivity contribution >= 4 is 0 Å². The predicted octanol–water partition coefficient (Wildman–Crippen LogP) is 4.31. The topological polar surface area (TPSA) is 29.5 Å². The van der Waals surface area contributed by atoms with Gasteiger partial charge in [-0.2, -0.15) is 0 Å². The van der Waals surface area contributed by atoms with Gasteiger partial charge in [0.15, 0.2) is 11.5 Å². The molecule has 2 rings (SSSR count). The summed E-state index contributed by atoms with van der Waals surface area (Å²) in [4.78, 5) is 0. The van der Waals surface area contributed by atoms with Crippen molar-refractivity contribution in [2.45, 2.75) is 19.8 Å². The van der Waals surface area contributed by atoms with Crippen LogP contribution < -0.4 is 4.74 Å². The standard InChI is InChI=1S/C15H16O2/c1-11(2)13-9-6-10-14(15(13)16)17-12-7-4-3-5-8-12/h3-11,16H,1-2H3. The van der Waals surface area contributed by atoms with E-state index in [4.69, 9.17) is 4.74 Å². The van der Waals surface area contributed by atoms with E-state index >= 15 is 0 Å². The Hall–Kier alpha value is -1.96. The number of hydrogen-bond donors (Lipinski definition) is 1. The summed E-state index contributed by atoms with van der Waals surface area (Å²) in [5.74, 6) is 1.73. The Kier molecular flexibility index (Phi) is 3.33. The molecule has 0 saturated heterocycles. The van der Waals surface area contributed by atoms with Crippen LogP contribution in [-0.2, 0) is 0 Å². The molecule has 0 aromatic heterocycles. The second kappa shape index (κ2) is 4.91.